The van der Waals surface area contributed by atoms with Crippen molar-refractivity contribution >= 4 is 16.7 Å². The zero-order valence-corrected chi connectivity index (χ0v) is 15.6. The lowest BCUT2D eigenvalue weighted by atomic mass is 10.2. The Kier molecular flexibility index (Phi) is 5.23. The second-order valence-electron chi connectivity index (χ2n) is 7.02. The van der Waals surface area contributed by atoms with Crippen molar-refractivity contribution in [3.8, 4) is 5.75 Å². The third-order valence-electron chi connectivity index (χ3n) is 5.05. The Hall–Kier alpha value is -2.63. The Morgan fingerprint density at radius 1 is 1.00 bits per heavy atom. The van der Waals surface area contributed by atoms with Gasteiger partial charge in [0.15, 0.2) is 0 Å². The molecule has 0 aliphatic carbocycles. The predicted octanol–water partition coefficient (Wildman–Crippen LogP) is 2.93. The number of hydrogen-bond donors (Lipinski definition) is 1. The van der Waals surface area contributed by atoms with Crippen LogP contribution >= 0.6 is 0 Å². The Morgan fingerprint density at radius 3 is 2.67 bits per heavy atom. The molecule has 4 rings (SSSR count). The molecule has 2 heterocycles. The van der Waals surface area contributed by atoms with Crippen LogP contribution in [0.4, 0.5) is 5.82 Å². The molecule has 1 N–H and O–H groups in total. The highest BCUT2D eigenvalue weighted by atomic mass is 16.5. The number of ether oxygens (including phenoxy) is 1. The van der Waals surface area contributed by atoms with E-state index in [0.29, 0.717) is 13.1 Å². The number of aliphatic hydroxyl groups excluding tert-OH is 1. The van der Waals surface area contributed by atoms with Gasteiger partial charge in [-0.1, -0.05) is 42.5 Å². The number of hydrogen-bond acceptors (Lipinski definition) is 5. The maximum absolute atomic E-state index is 10.5. The summed E-state index contributed by atoms with van der Waals surface area (Å²) in [5, 5.41) is 11.6. The molecule has 27 heavy (non-hydrogen) atoms. The minimum atomic E-state index is -0.411. The monoisotopic (exact) mass is 363 g/mol. The number of methoxy groups -OCH3 is 1. The van der Waals surface area contributed by atoms with E-state index in [1.54, 1.807) is 7.11 Å². The zero-order valence-electron chi connectivity index (χ0n) is 15.6. The molecule has 0 unspecified atom stereocenters. The van der Waals surface area contributed by atoms with Crippen LogP contribution in [0.3, 0.4) is 0 Å². The van der Waals surface area contributed by atoms with Gasteiger partial charge in [-0.15, -0.1) is 0 Å². The predicted molar refractivity (Wildman–Crippen MR) is 108 cm³/mol. The number of pyridine rings is 1. The maximum Gasteiger partial charge on any atom is 0.145 e. The maximum atomic E-state index is 10.5. The van der Waals surface area contributed by atoms with E-state index in [2.05, 4.69) is 40.1 Å². The van der Waals surface area contributed by atoms with E-state index < -0.39 is 6.10 Å². The molecule has 1 saturated heterocycles. The molecule has 0 bridgehead atoms. The average Bonchev–Trinajstić information content (AvgIpc) is 2.89. The molecule has 1 aromatic heterocycles. The molecule has 3 aromatic rings. The van der Waals surface area contributed by atoms with Gasteiger partial charge in [0, 0.05) is 38.1 Å². The van der Waals surface area contributed by atoms with Crippen LogP contribution in [0.25, 0.3) is 10.9 Å². The van der Waals surface area contributed by atoms with Gasteiger partial charge < -0.3 is 14.7 Å². The van der Waals surface area contributed by atoms with Crippen LogP contribution in [0.15, 0.2) is 60.7 Å². The quantitative estimate of drug-likeness (QED) is 0.772. The van der Waals surface area contributed by atoms with Crippen molar-refractivity contribution < 1.29 is 9.84 Å². The SMILES string of the molecule is COc1cccc2ccc(N3CCN(Cc4ccccc4)C[C@@H](O)C3)nc12. The Labute approximate surface area is 159 Å². The Balaban J connectivity index is 1.53. The zero-order chi connectivity index (χ0) is 18.6. The van der Waals surface area contributed by atoms with Gasteiger partial charge in [-0.3, -0.25) is 4.90 Å². The Bertz CT molecular complexity index is 900. The van der Waals surface area contributed by atoms with Crippen LogP contribution in [0, 0.1) is 0 Å². The number of benzene rings is 2. The molecule has 0 amide bonds. The van der Waals surface area contributed by atoms with Crippen LogP contribution < -0.4 is 9.64 Å². The highest BCUT2D eigenvalue weighted by molar-refractivity contribution is 5.86. The van der Waals surface area contributed by atoms with Crippen molar-refractivity contribution in [2.24, 2.45) is 0 Å². The molecule has 5 nitrogen and oxygen atoms in total. The van der Waals surface area contributed by atoms with E-state index in [1.165, 1.54) is 5.56 Å². The van der Waals surface area contributed by atoms with E-state index in [0.717, 1.165) is 42.1 Å². The molecule has 2 aromatic carbocycles. The normalized spacial score (nSPS) is 18.4. The van der Waals surface area contributed by atoms with E-state index in [-0.39, 0.29) is 0 Å². The summed E-state index contributed by atoms with van der Waals surface area (Å²) in [6, 6.07) is 20.4. The van der Waals surface area contributed by atoms with Gasteiger partial charge in [-0.05, 0) is 23.8 Å². The van der Waals surface area contributed by atoms with Crippen molar-refractivity contribution in [3.05, 3.63) is 66.2 Å². The standard InChI is InChI=1S/C22H25N3O2/c1-27-20-9-5-8-18-10-11-21(23-22(18)20)25-13-12-24(15-19(26)16-25)14-17-6-3-2-4-7-17/h2-11,19,26H,12-16H2,1H3/t19-/m1/s1. The number of para-hydroxylation sites is 1. The molecule has 0 radical (unpaired) electrons. The van der Waals surface area contributed by atoms with Crippen molar-refractivity contribution in [1.82, 2.24) is 9.88 Å². The molecular weight excluding hydrogens is 338 g/mol. The first kappa shape index (κ1) is 17.8. The van der Waals surface area contributed by atoms with E-state index in [4.69, 9.17) is 9.72 Å². The lowest BCUT2D eigenvalue weighted by Gasteiger charge is -2.23. The molecule has 1 aliphatic rings. The average molecular weight is 363 g/mol. The molecule has 5 heteroatoms. The van der Waals surface area contributed by atoms with Gasteiger partial charge >= 0.3 is 0 Å². The summed E-state index contributed by atoms with van der Waals surface area (Å²) in [6.07, 6.45) is -0.411. The number of fused-ring (bicyclic) bond motifs is 1. The van der Waals surface area contributed by atoms with E-state index >= 15 is 0 Å². The van der Waals surface area contributed by atoms with Crippen molar-refractivity contribution in [1.29, 1.82) is 0 Å². The first-order valence-electron chi connectivity index (χ1n) is 9.36. The number of rotatable bonds is 4. The first-order valence-corrected chi connectivity index (χ1v) is 9.36. The topological polar surface area (TPSA) is 48.8 Å². The second-order valence-corrected chi connectivity index (χ2v) is 7.02. The van der Waals surface area contributed by atoms with Gasteiger partial charge in [0.25, 0.3) is 0 Å². The van der Waals surface area contributed by atoms with Crippen LogP contribution in [-0.2, 0) is 6.54 Å². The molecule has 1 fully saturated rings. The van der Waals surface area contributed by atoms with Crippen LogP contribution in [0.5, 0.6) is 5.75 Å². The smallest absolute Gasteiger partial charge is 0.145 e. The number of anilines is 1. The summed E-state index contributed by atoms with van der Waals surface area (Å²) in [5.74, 6) is 1.66. The number of aromatic nitrogens is 1. The van der Waals surface area contributed by atoms with Crippen molar-refractivity contribution in [2.45, 2.75) is 12.6 Å². The number of nitrogens with zero attached hydrogens (tertiary/aromatic N) is 3. The summed E-state index contributed by atoms with van der Waals surface area (Å²) in [6.45, 7) is 3.82. The Morgan fingerprint density at radius 2 is 1.85 bits per heavy atom. The fraction of sp³-hybridized carbons (Fsp3) is 0.318. The second kappa shape index (κ2) is 7.94. The number of aliphatic hydroxyl groups is 1. The fourth-order valence-corrected chi connectivity index (χ4v) is 3.70. The largest absolute Gasteiger partial charge is 0.494 e. The third kappa shape index (κ3) is 4.04. The summed E-state index contributed by atoms with van der Waals surface area (Å²) in [5.41, 5.74) is 2.13. The lowest BCUT2D eigenvalue weighted by molar-refractivity contribution is 0.129. The molecular formula is C22H25N3O2. The highest BCUT2D eigenvalue weighted by Gasteiger charge is 2.22. The first-order chi connectivity index (χ1) is 13.2. The van der Waals surface area contributed by atoms with Gasteiger partial charge in [0.1, 0.15) is 17.1 Å². The van der Waals surface area contributed by atoms with Crippen molar-refractivity contribution in [3.63, 3.8) is 0 Å². The third-order valence-corrected chi connectivity index (χ3v) is 5.05. The van der Waals surface area contributed by atoms with E-state index in [9.17, 15) is 5.11 Å². The van der Waals surface area contributed by atoms with Crippen molar-refractivity contribution in [2.75, 3.05) is 38.2 Å². The molecule has 1 atom stereocenters. The van der Waals surface area contributed by atoms with Gasteiger partial charge in [-0.25, -0.2) is 4.98 Å². The van der Waals surface area contributed by atoms with Gasteiger partial charge in [-0.2, -0.15) is 0 Å². The fourth-order valence-electron chi connectivity index (χ4n) is 3.70. The highest BCUT2D eigenvalue weighted by Crippen LogP contribution is 2.26. The van der Waals surface area contributed by atoms with Crippen LogP contribution in [0.1, 0.15) is 5.56 Å². The number of β-amino-alcohol motifs (C(OH)–C–C–N with tert-alkyl or cyclic N) is 1. The molecule has 0 saturated carbocycles. The molecule has 140 valence electrons. The minimum absolute atomic E-state index is 0.411. The summed E-state index contributed by atoms with van der Waals surface area (Å²) in [4.78, 5) is 9.30. The van der Waals surface area contributed by atoms with Gasteiger partial charge in [0.05, 0.1) is 13.2 Å². The minimum Gasteiger partial charge on any atom is -0.494 e. The molecule has 1 aliphatic heterocycles. The van der Waals surface area contributed by atoms with Gasteiger partial charge in [0.2, 0.25) is 0 Å². The van der Waals surface area contributed by atoms with Crippen LogP contribution in [0.2, 0.25) is 0 Å². The summed E-state index contributed by atoms with van der Waals surface area (Å²) < 4.78 is 5.46. The summed E-state index contributed by atoms with van der Waals surface area (Å²) in [7, 11) is 1.67. The van der Waals surface area contributed by atoms with Crippen LogP contribution in [-0.4, -0.2) is 54.4 Å². The van der Waals surface area contributed by atoms with E-state index in [1.807, 2.05) is 30.3 Å². The lowest BCUT2D eigenvalue weighted by Crippen LogP contribution is -2.33. The summed E-state index contributed by atoms with van der Waals surface area (Å²) >= 11 is 0. The molecule has 0 spiro atoms.